The predicted molar refractivity (Wildman–Crippen MR) is 78.5 cm³/mol. The molecule has 5 nitrogen and oxygen atoms in total. The zero-order chi connectivity index (χ0) is 14.4. The summed E-state index contributed by atoms with van der Waals surface area (Å²) in [5.74, 6) is -0.259. The fourth-order valence-corrected chi connectivity index (χ4v) is 3.51. The highest BCUT2D eigenvalue weighted by Crippen LogP contribution is 2.13. The minimum Gasteiger partial charge on any atom is -0.302 e. The van der Waals surface area contributed by atoms with Crippen LogP contribution in [0.25, 0.3) is 0 Å². The molecule has 106 valence electrons. The largest absolute Gasteiger partial charge is 0.302 e. The quantitative estimate of drug-likeness (QED) is 0.888. The van der Waals surface area contributed by atoms with Gasteiger partial charge in [-0.15, -0.1) is 11.3 Å². The first-order valence-corrected chi connectivity index (χ1v) is 8.58. The number of rotatable bonds is 6. The maximum Gasteiger partial charge on any atom is 0.226 e. The summed E-state index contributed by atoms with van der Waals surface area (Å²) in [5.41, 5.74) is 0. The fourth-order valence-electron chi connectivity index (χ4n) is 1.64. The van der Waals surface area contributed by atoms with E-state index in [-0.39, 0.29) is 24.5 Å². The zero-order valence-corrected chi connectivity index (χ0v) is 12.3. The van der Waals surface area contributed by atoms with Crippen LogP contribution in [0.2, 0.25) is 0 Å². The molecule has 0 spiro atoms. The molecule has 0 bridgehead atoms. The highest BCUT2D eigenvalue weighted by molar-refractivity contribution is 7.91. The molecule has 1 heterocycles. The van der Waals surface area contributed by atoms with Gasteiger partial charge < -0.3 is 5.32 Å². The molecule has 7 heteroatoms. The van der Waals surface area contributed by atoms with Crippen molar-refractivity contribution in [2.24, 2.45) is 0 Å². The van der Waals surface area contributed by atoms with Crippen molar-refractivity contribution in [1.82, 2.24) is 4.98 Å². The maximum atomic E-state index is 12.0. The third kappa shape index (κ3) is 4.14. The van der Waals surface area contributed by atoms with Crippen molar-refractivity contribution in [3.8, 4) is 0 Å². The monoisotopic (exact) mass is 310 g/mol. The van der Waals surface area contributed by atoms with Gasteiger partial charge in [-0.2, -0.15) is 0 Å². The van der Waals surface area contributed by atoms with Gasteiger partial charge in [0.05, 0.1) is 10.6 Å². The van der Waals surface area contributed by atoms with E-state index in [1.54, 1.807) is 41.9 Å². The normalized spacial score (nSPS) is 11.2. The number of carbonyl (C=O) groups excluding carboxylic acids is 1. The maximum absolute atomic E-state index is 12.0. The van der Waals surface area contributed by atoms with Gasteiger partial charge in [-0.1, -0.05) is 18.2 Å². The minimum atomic E-state index is -3.31. The molecule has 1 aromatic heterocycles. The molecule has 1 amide bonds. The topological polar surface area (TPSA) is 76.1 Å². The van der Waals surface area contributed by atoms with E-state index in [0.717, 1.165) is 0 Å². The molecule has 0 saturated carbocycles. The van der Waals surface area contributed by atoms with E-state index in [0.29, 0.717) is 10.0 Å². The highest BCUT2D eigenvalue weighted by Gasteiger charge is 2.14. The Labute approximate surface area is 121 Å². The molecule has 0 aliphatic rings. The van der Waals surface area contributed by atoms with Crippen molar-refractivity contribution >= 4 is 32.2 Å². The van der Waals surface area contributed by atoms with Crippen LogP contribution in [-0.4, -0.2) is 25.1 Å². The third-order valence-electron chi connectivity index (χ3n) is 2.60. The lowest BCUT2D eigenvalue weighted by atomic mass is 10.3. The van der Waals surface area contributed by atoms with Gasteiger partial charge in [0.1, 0.15) is 0 Å². The second-order valence-electron chi connectivity index (χ2n) is 4.12. The summed E-state index contributed by atoms with van der Waals surface area (Å²) < 4.78 is 24.0. The number of nitrogens with zero attached hydrogens (tertiary/aromatic N) is 1. The summed E-state index contributed by atoms with van der Waals surface area (Å²) >= 11 is 1.33. The van der Waals surface area contributed by atoms with E-state index in [1.807, 2.05) is 0 Å². The molecule has 1 aromatic carbocycles. The third-order valence-corrected chi connectivity index (χ3v) is 5.10. The van der Waals surface area contributed by atoms with Crippen LogP contribution in [0.3, 0.4) is 0 Å². The molecule has 0 fully saturated rings. The number of anilines is 1. The van der Waals surface area contributed by atoms with Gasteiger partial charge in [0, 0.05) is 18.0 Å². The standard InChI is InChI=1S/C13H14N2O3S2/c16-12(15-13-14-8-9-19-13)7-4-10-20(17,18)11-5-2-1-3-6-11/h1-3,5-6,8-9H,4,7,10H2,(H,14,15,16). The molecule has 2 rings (SSSR count). The minimum absolute atomic E-state index is 0.0394. The van der Waals surface area contributed by atoms with E-state index in [4.69, 9.17) is 0 Å². The van der Waals surface area contributed by atoms with Gasteiger partial charge in [-0.05, 0) is 18.6 Å². The van der Waals surface area contributed by atoms with Crippen LogP contribution < -0.4 is 5.32 Å². The highest BCUT2D eigenvalue weighted by atomic mass is 32.2. The summed E-state index contributed by atoms with van der Waals surface area (Å²) in [6, 6.07) is 8.25. The number of hydrogen-bond acceptors (Lipinski definition) is 5. The van der Waals surface area contributed by atoms with Gasteiger partial charge in [0.25, 0.3) is 0 Å². The van der Waals surface area contributed by atoms with Gasteiger partial charge in [-0.25, -0.2) is 13.4 Å². The van der Waals surface area contributed by atoms with Gasteiger partial charge in [0.2, 0.25) is 5.91 Å². The van der Waals surface area contributed by atoms with E-state index >= 15 is 0 Å². The van der Waals surface area contributed by atoms with Crippen molar-refractivity contribution < 1.29 is 13.2 Å². The molecule has 20 heavy (non-hydrogen) atoms. The number of amides is 1. The van der Waals surface area contributed by atoms with Crippen LogP contribution >= 0.6 is 11.3 Å². The molecule has 0 atom stereocenters. The Balaban J connectivity index is 1.82. The second kappa shape index (κ2) is 6.62. The van der Waals surface area contributed by atoms with Gasteiger partial charge >= 0.3 is 0 Å². The Morgan fingerprint density at radius 3 is 2.65 bits per heavy atom. The first-order valence-electron chi connectivity index (χ1n) is 6.05. The van der Waals surface area contributed by atoms with Crippen LogP contribution in [-0.2, 0) is 14.6 Å². The number of carbonyl (C=O) groups is 1. The lowest BCUT2D eigenvalue weighted by Crippen LogP contribution is -2.14. The predicted octanol–water partition coefficient (Wildman–Crippen LogP) is 2.34. The van der Waals surface area contributed by atoms with E-state index < -0.39 is 9.84 Å². The second-order valence-corrected chi connectivity index (χ2v) is 7.12. The van der Waals surface area contributed by atoms with Crippen molar-refractivity contribution in [2.45, 2.75) is 17.7 Å². The Hall–Kier alpha value is -1.73. The Bertz CT molecular complexity index is 652. The van der Waals surface area contributed by atoms with E-state index in [9.17, 15) is 13.2 Å². The molecule has 0 unspecified atom stereocenters. The van der Waals surface area contributed by atoms with Crippen molar-refractivity contribution in [3.63, 3.8) is 0 Å². The average molecular weight is 310 g/mol. The number of thiazole rings is 1. The molecule has 0 aliphatic heterocycles. The lowest BCUT2D eigenvalue weighted by Gasteiger charge is -2.04. The number of nitrogens with one attached hydrogen (secondary N) is 1. The number of aromatic nitrogens is 1. The van der Waals surface area contributed by atoms with Crippen molar-refractivity contribution in [2.75, 3.05) is 11.1 Å². The van der Waals surface area contributed by atoms with Crippen LogP contribution in [0.15, 0.2) is 46.8 Å². The summed E-state index contributed by atoms with van der Waals surface area (Å²) in [7, 11) is -3.31. The SMILES string of the molecule is O=C(CCCS(=O)(=O)c1ccccc1)Nc1nccs1. The van der Waals surface area contributed by atoms with Crippen LogP contribution in [0.4, 0.5) is 5.13 Å². The Kier molecular flexibility index (Phi) is 4.86. The fraction of sp³-hybridized carbons (Fsp3) is 0.231. The molecule has 0 aliphatic carbocycles. The molecular formula is C13H14N2O3S2. The molecule has 2 aromatic rings. The van der Waals surface area contributed by atoms with Crippen LogP contribution in [0.5, 0.6) is 0 Å². The first-order chi connectivity index (χ1) is 9.58. The molecule has 0 radical (unpaired) electrons. The van der Waals surface area contributed by atoms with Crippen molar-refractivity contribution in [3.05, 3.63) is 41.9 Å². The van der Waals surface area contributed by atoms with Crippen LogP contribution in [0.1, 0.15) is 12.8 Å². The first kappa shape index (κ1) is 14.7. The number of benzene rings is 1. The Morgan fingerprint density at radius 1 is 1.25 bits per heavy atom. The summed E-state index contributed by atoms with van der Waals surface area (Å²) in [6.07, 6.45) is 2.04. The lowest BCUT2D eigenvalue weighted by molar-refractivity contribution is -0.116. The number of sulfone groups is 1. The smallest absolute Gasteiger partial charge is 0.226 e. The zero-order valence-electron chi connectivity index (χ0n) is 10.7. The molecule has 1 N–H and O–H groups in total. The Morgan fingerprint density at radius 2 is 2.00 bits per heavy atom. The summed E-state index contributed by atoms with van der Waals surface area (Å²) in [6.45, 7) is 0. The summed E-state index contributed by atoms with van der Waals surface area (Å²) in [5, 5.41) is 4.91. The molecular weight excluding hydrogens is 296 g/mol. The summed E-state index contributed by atoms with van der Waals surface area (Å²) in [4.78, 5) is 15.8. The average Bonchev–Trinajstić information content (AvgIpc) is 2.92. The van der Waals surface area contributed by atoms with Gasteiger partial charge in [0.15, 0.2) is 15.0 Å². The molecule has 0 saturated heterocycles. The van der Waals surface area contributed by atoms with Crippen molar-refractivity contribution in [1.29, 1.82) is 0 Å². The van der Waals surface area contributed by atoms with Gasteiger partial charge in [-0.3, -0.25) is 4.79 Å². The number of hydrogen-bond donors (Lipinski definition) is 1. The van der Waals surface area contributed by atoms with Crippen LogP contribution in [0, 0.1) is 0 Å². The van der Waals surface area contributed by atoms with E-state index in [1.165, 1.54) is 11.3 Å². The van der Waals surface area contributed by atoms with E-state index in [2.05, 4.69) is 10.3 Å².